The number of methoxy groups -OCH3 is 1. The van der Waals surface area contributed by atoms with Gasteiger partial charge in [-0.25, -0.2) is 0 Å². The summed E-state index contributed by atoms with van der Waals surface area (Å²) in [5, 5.41) is 3.63. The zero-order valence-electron chi connectivity index (χ0n) is 9.17. The molecule has 1 N–H and O–H groups in total. The van der Waals surface area contributed by atoms with Crippen LogP contribution in [0, 0.1) is 5.92 Å². The number of ether oxygens (including phenoxy) is 1. The van der Waals surface area contributed by atoms with Crippen molar-refractivity contribution in [2.75, 3.05) is 39.9 Å². The van der Waals surface area contributed by atoms with Crippen LogP contribution in [0.3, 0.4) is 0 Å². The van der Waals surface area contributed by atoms with Gasteiger partial charge in [0.15, 0.2) is 0 Å². The second-order valence-electron chi connectivity index (χ2n) is 4.57. The molecule has 3 nitrogen and oxygen atoms in total. The first-order valence-electron chi connectivity index (χ1n) is 5.85. The molecule has 3 heteroatoms. The highest BCUT2D eigenvalue weighted by Gasteiger charge is 2.33. The van der Waals surface area contributed by atoms with Gasteiger partial charge >= 0.3 is 0 Å². The second-order valence-corrected chi connectivity index (χ2v) is 4.57. The molecule has 0 aromatic carbocycles. The molecule has 0 saturated carbocycles. The average molecular weight is 198 g/mol. The van der Waals surface area contributed by atoms with E-state index in [9.17, 15) is 0 Å². The Morgan fingerprint density at radius 1 is 1.43 bits per heavy atom. The molecule has 0 aromatic heterocycles. The molecule has 2 unspecified atom stereocenters. The van der Waals surface area contributed by atoms with Crippen LogP contribution in [-0.4, -0.2) is 50.8 Å². The van der Waals surface area contributed by atoms with Crippen molar-refractivity contribution in [3.63, 3.8) is 0 Å². The van der Waals surface area contributed by atoms with E-state index in [-0.39, 0.29) is 0 Å². The lowest BCUT2D eigenvalue weighted by molar-refractivity contribution is 0.178. The fourth-order valence-electron chi connectivity index (χ4n) is 2.75. The van der Waals surface area contributed by atoms with Gasteiger partial charge in [0.2, 0.25) is 0 Å². The van der Waals surface area contributed by atoms with Crippen molar-refractivity contribution in [1.29, 1.82) is 0 Å². The van der Waals surface area contributed by atoms with Gasteiger partial charge in [-0.1, -0.05) is 0 Å². The first-order chi connectivity index (χ1) is 6.90. The highest BCUT2D eigenvalue weighted by Crippen LogP contribution is 2.24. The van der Waals surface area contributed by atoms with Crippen LogP contribution in [0.15, 0.2) is 0 Å². The summed E-state index contributed by atoms with van der Waals surface area (Å²) in [6, 6.07) is 0.784. The van der Waals surface area contributed by atoms with E-state index >= 15 is 0 Å². The SMILES string of the molecule is COCCCN1CC2CCCNC2C1. The monoisotopic (exact) mass is 198 g/mol. The molecule has 0 aromatic rings. The molecular weight excluding hydrogens is 176 g/mol. The minimum Gasteiger partial charge on any atom is -0.385 e. The molecule has 0 amide bonds. The van der Waals surface area contributed by atoms with E-state index in [1.54, 1.807) is 7.11 Å². The highest BCUT2D eigenvalue weighted by molar-refractivity contribution is 4.91. The van der Waals surface area contributed by atoms with Crippen LogP contribution in [0.1, 0.15) is 19.3 Å². The Kier molecular flexibility index (Phi) is 3.79. The van der Waals surface area contributed by atoms with Gasteiger partial charge in [0.1, 0.15) is 0 Å². The Hall–Kier alpha value is -0.120. The Bertz CT molecular complexity index is 161. The summed E-state index contributed by atoms with van der Waals surface area (Å²) in [6.45, 7) is 5.91. The number of rotatable bonds is 4. The third-order valence-corrected chi connectivity index (χ3v) is 3.50. The zero-order valence-corrected chi connectivity index (χ0v) is 9.17. The van der Waals surface area contributed by atoms with Crippen LogP contribution in [0.4, 0.5) is 0 Å². The lowest BCUT2D eigenvalue weighted by Gasteiger charge is -2.24. The molecule has 2 rings (SSSR count). The summed E-state index contributed by atoms with van der Waals surface area (Å²) >= 11 is 0. The largest absolute Gasteiger partial charge is 0.385 e. The smallest absolute Gasteiger partial charge is 0.0474 e. The van der Waals surface area contributed by atoms with Gasteiger partial charge in [-0.15, -0.1) is 0 Å². The van der Waals surface area contributed by atoms with Gasteiger partial charge in [-0.2, -0.15) is 0 Å². The van der Waals surface area contributed by atoms with Gasteiger partial charge in [0.25, 0.3) is 0 Å². The third kappa shape index (κ3) is 2.47. The van der Waals surface area contributed by atoms with E-state index in [4.69, 9.17) is 4.74 Å². The molecule has 0 bridgehead atoms. The van der Waals surface area contributed by atoms with Crippen molar-refractivity contribution in [3.05, 3.63) is 0 Å². The predicted octanol–water partition coefficient (Wildman–Crippen LogP) is 0.707. The van der Waals surface area contributed by atoms with Crippen LogP contribution in [-0.2, 0) is 4.74 Å². The maximum atomic E-state index is 5.08. The summed E-state index contributed by atoms with van der Waals surface area (Å²) in [7, 11) is 1.78. The molecule has 2 atom stereocenters. The number of likely N-dealkylation sites (tertiary alicyclic amines) is 1. The van der Waals surface area contributed by atoms with E-state index < -0.39 is 0 Å². The standard InChI is InChI=1S/C11H22N2O/c1-14-7-3-6-13-8-10-4-2-5-12-11(10)9-13/h10-12H,2-9H2,1H3. The molecule has 2 heterocycles. The Balaban J connectivity index is 1.70. The van der Waals surface area contributed by atoms with E-state index in [2.05, 4.69) is 10.2 Å². The number of piperidine rings is 1. The highest BCUT2D eigenvalue weighted by atomic mass is 16.5. The van der Waals surface area contributed by atoms with Gasteiger partial charge in [0, 0.05) is 39.4 Å². The normalized spacial score (nSPS) is 33.2. The molecule has 14 heavy (non-hydrogen) atoms. The molecule has 0 radical (unpaired) electrons. The number of hydrogen-bond acceptors (Lipinski definition) is 3. The number of fused-ring (bicyclic) bond motifs is 1. The first kappa shape index (κ1) is 10.4. The minimum atomic E-state index is 0.784. The van der Waals surface area contributed by atoms with Crippen LogP contribution >= 0.6 is 0 Å². The topological polar surface area (TPSA) is 24.5 Å². The van der Waals surface area contributed by atoms with Crippen molar-refractivity contribution in [2.45, 2.75) is 25.3 Å². The second kappa shape index (κ2) is 5.10. The maximum Gasteiger partial charge on any atom is 0.0474 e. The van der Waals surface area contributed by atoms with Crippen LogP contribution in [0.5, 0.6) is 0 Å². The Morgan fingerprint density at radius 3 is 3.14 bits per heavy atom. The van der Waals surface area contributed by atoms with Crippen molar-refractivity contribution in [1.82, 2.24) is 10.2 Å². The van der Waals surface area contributed by atoms with Gasteiger partial charge < -0.3 is 15.0 Å². The van der Waals surface area contributed by atoms with E-state index in [1.165, 1.54) is 45.4 Å². The predicted molar refractivity (Wildman–Crippen MR) is 57.4 cm³/mol. The van der Waals surface area contributed by atoms with Crippen molar-refractivity contribution in [3.8, 4) is 0 Å². The fraction of sp³-hybridized carbons (Fsp3) is 1.00. The lowest BCUT2D eigenvalue weighted by atomic mass is 9.94. The number of hydrogen-bond donors (Lipinski definition) is 1. The van der Waals surface area contributed by atoms with Crippen LogP contribution < -0.4 is 5.32 Å². The zero-order chi connectivity index (χ0) is 9.80. The maximum absolute atomic E-state index is 5.08. The lowest BCUT2D eigenvalue weighted by Crippen LogP contribution is -2.40. The van der Waals surface area contributed by atoms with Gasteiger partial charge in [-0.3, -0.25) is 0 Å². The summed E-state index contributed by atoms with van der Waals surface area (Å²) in [6.07, 6.45) is 3.97. The van der Waals surface area contributed by atoms with Crippen molar-refractivity contribution in [2.24, 2.45) is 5.92 Å². The molecular formula is C11H22N2O. The summed E-state index contributed by atoms with van der Waals surface area (Å²) in [5.41, 5.74) is 0. The van der Waals surface area contributed by atoms with Crippen molar-refractivity contribution >= 4 is 0 Å². The van der Waals surface area contributed by atoms with Crippen molar-refractivity contribution < 1.29 is 4.74 Å². The minimum absolute atomic E-state index is 0.784. The summed E-state index contributed by atoms with van der Waals surface area (Å²) < 4.78 is 5.08. The van der Waals surface area contributed by atoms with E-state index in [1.807, 2.05) is 0 Å². The molecule has 2 aliphatic heterocycles. The number of nitrogens with one attached hydrogen (secondary N) is 1. The molecule has 0 spiro atoms. The van der Waals surface area contributed by atoms with E-state index in [0.717, 1.165) is 18.6 Å². The van der Waals surface area contributed by atoms with Gasteiger partial charge in [-0.05, 0) is 31.7 Å². The molecule has 2 fully saturated rings. The average Bonchev–Trinajstić information content (AvgIpc) is 2.60. The summed E-state index contributed by atoms with van der Waals surface area (Å²) in [5.74, 6) is 0.922. The first-order valence-corrected chi connectivity index (χ1v) is 5.85. The Labute approximate surface area is 86.8 Å². The van der Waals surface area contributed by atoms with E-state index in [0.29, 0.717) is 0 Å². The third-order valence-electron chi connectivity index (χ3n) is 3.50. The van der Waals surface area contributed by atoms with Crippen LogP contribution in [0.25, 0.3) is 0 Å². The van der Waals surface area contributed by atoms with Gasteiger partial charge in [0.05, 0.1) is 0 Å². The van der Waals surface area contributed by atoms with Crippen LogP contribution in [0.2, 0.25) is 0 Å². The summed E-state index contributed by atoms with van der Waals surface area (Å²) in [4.78, 5) is 2.59. The Morgan fingerprint density at radius 2 is 2.36 bits per heavy atom. The fourth-order valence-corrected chi connectivity index (χ4v) is 2.75. The number of nitrogens with zero attached hydrogens (tertiary/aromatic N) is 1. The molecule has 0 aliphatic carbocycles. The molecule has 2 saturated heterocycles. The quantitative estimate of drug-likeness (QED) is 0.673. The molecule has 82 valence electrons. The molecule has 2 aliphatic rings.